The van der Waals surface area contributed by atoms with E-state index < -0.39 is 27.4 Å². The number of sulfone groups is 1. The summed E-state index contributed by atoms with van der Waals surface area (Å²) in [6, 6.07) is -0.863. The molecule has 0 spiro atoms. The van der Waals surface area contributed by atoms with Crippen molar-refractivity contribution in [2.75, 3.05) is 18.6 Å². The molecule has 0 fully saturated rings. The van der Waals surface area contributed by atoms with Gasteiger partial charge in [-0.25, -0.2) is 8.42 Å². The van der Waals surface area contributed by atoms with Gasteiger partial charge in [-0.05, 0) is 19.3 Å². The van der Waals surface area contributed by atoms with Crippen LogP contribution in [0.5, 0.6) is 0 Å². The summed E-state index contributed by atoms with van der Waals surface area (Å²) in [5, 5.41) is 12.5. The Balaban J connectivity index is 4.17. The highest BCUT2D eigenvalue weighted by molar-refractivity contribution is 7.90. The number of nitrogens with one attached hydrogen (secondary N) is 1. The van der Waals surface area contributed by atoms with Crippen LogP contribution in [0.4, 0.5) is 0 Å². The smallest absolute Gasteiger partial charge is 0.237 e. The second-order valence-corrected chi connectivity index (χ2v) is 6.93. The molecule has 4 N–H and O–H groups in total. The Labute approximate surface area is 109 Å². The van der Waals surface area contributed by atoms with Gasteiger partial charge in [0, 0.05) is 12.8 Å². The molecule has 0 aliphatic heterocycles. The second kappa shape index (κ2) is 7.06. The van der Waals surface area contributed by atoms with Gasteiger partial charge in [0.05, 0.1) is 17.4 Å². The van der Waals surface area contributed by atoms with Crippen LogP contribution in [0.25, 0.3) is 0 Å². The zero-order chi connectivity index (χ0) is 14.4. The van der Waals surface area contributed by atoms with Gasteiger partial charge in [0.1, 0.15) is 9.84 Å². The van der Waals surface area contributed by atoms with E-state index in [4.69, 9.17) is 5.73 Å². The number of carbonyl (C=O) groups excluding carboxylic acids is 1. The second-order valence-electron chi connectivity index (χ2n) is 4.67. The van der Waals surface area contributed by atoms with Crippen LogP contribution in [-0.4, -0.2) is 49.6 Å². The van der Waals surface area contributed by atoms with Crippen molar-refractivity contribution in [3.8, 4) is 0 Å². The van der Waals surface area contributed by atoms with Gasteiger partial charge in [-0.1, -0.05) is 13.8 Å². The molecule has 0 aromatic rings. The third kappa shape index (κ3) is 6.93. The van der Waals surface area contributed by atoms with Crippen molar-refractivity contribution in [1.29, 1.82) is 0 Å². The lowest BCUT2D eigenvalue weighted by molar-refractivity contribution is -0.123. The van der Waals surface area contributed by atoms with E-state index in [-0.39, 0.29) is 18.7 Å². The van der Waals surface area contributed by atoms with Crippen LogP contribution in [0, 0.1) is 0 Å². The highest BCUT2D eigenvalue weighted by Gasteiger charge is 2.24. The minimum Gasteiger partial charge on any atom is -0.388 e. The van der Waals surface area contributed by atoms with Gasteiger partial charge in [0.15, 0.2) is 0 Å². The molecule has 0 bridgehead atoms. The third-order valence-corrected chi connectivity index (χ3v) is 4.02. The maximum Gasteiger partial charge on any atom is 0.237 e. The Morgan fingerprint density at radius 3 is 2.28 bits per heavy atom. The zero-order valence-corrected chi connectivity index (χ0v) is 12.1. The van der Waals surface area contributed by atoms with Gasteiger partial charge in [-0.3, -0.25) is 4.79 Å². The highest BCUT2D eigenvalue weighted by atomic mass is 32.2. The number of hydrogen-bond acceptors (Lipinski definition) is 5. The molecular weight excluding hydrogens is 256 g/mol. The molecule has 0 radical (unpaired) electrons. The molecule has 0 aromatic heterocycles. The first-order chi connectivity index (χ1) is 8.13. The Morgan fingerprint density at radius 2 is 1.89 bits per heavy atom. The van der Waals surface area contributed by atoms with Gasteiger partial charge in [-0.2, -0.15) is 0 Å². The maximum atomic E-state index is 11.6. The molecule has 1 unspecified atom stereocenters. The van der Waals surface area contributed by atoms with E-state index >= 15 is 0 Å². The average Bonchev–Trinajstić information content (AvgIpc) is 2.31. The number of carbonyl (C=O) groups is 1. The quantitative estimate of drug-likeness (QED) is 0.551. The van der Waals surface area contributed by atoms with Crippen molar-refractivity contribution in [1.82, 2.24) is 5.32 Å². The van der Waals surface area contributed by atoms with Gasteiger partial charge in [0.25, 0.3) is 0 Å². The van der Waals surface area contributed by atoms with E-state index in [0.717, 1.165) is 6.26 Å². The van der Waals surface area contributed by atoms with Crippen LogP contribution in [0.3, 0.4) is 0 Å². The third-order valence-electron chi connectivity index (χ3n) is 3.04. The number of aliphatic hydroxyl groups is 1. The summed E-state index contributed by atoms with van der Waals surface area (Å²) in [5.41, 5.74) is 4.65. The molecule has 0 aromatic carbocycles. The van der Waals surface area contributed by atoms with Crippen molar-refractivity contribution >= 4 is 15.7 Å². The molecule has 6 nitrogen and oxygen atoms in total. The van der Waals surface area contributed by atoms with Gasteiger partial charge < -0.3 is 16.2 Å². The largest absolute Gasteiger partial charge is 0.388 e. The van der Waals surface area contributed by atoms with Gasteiger partial charge in [-0.15, -0.1) is 0 Å². The molecule has 0 aliphatic carbocycles. The normalized spacial score (nSPS) is 14.3. The Morgan fingerprint density at radius 1 is 1.39 bits per heavy atom. The fourth-order valence-corrected chi connectivity index (χ4v) is 2.04. The summed E-state index contributed by atoms with van der Waals surface area (Å²) < 4.78 is 21.9. The monoisotopic (exact) mass is 280 g/mol. The SMILES string of the molecule is CCC(O)(CC)CNC(=O)C(N)CCS(C)(=O)=O. The molecule has 7 heteroatoms. The molecule has 0 aliphatic rings. The van der Waals surface area contributed by atoms with Crippen LogP contribution < -0.4 is 11.1 Å². The van der Waals surface area contributed by atoms with E-state index in [1.54, 1.807) is 0 Å². The molecule has 18 heavy (non-hydrogen) atoms. The van der Waals surface area contributed by atoms with E-state index in [2.05, 4.69) is 5.32 Å². The summed E-state index contributed by atoms with van der Waals surface area (Å²) in [4.78, 5) is 11.6. The van der Waals surface area contributed by atoms with Gasteiger partial charge >= 0.3 is 0 Å². The highest BCUT2D eigenvalue weighted by Crippen LogP contribution is 2.12. The van der Waals surface area contributed by atoms with E-state index in [0.29, 0.717) is 12.8 Å². The predicted octanol–water partition coefficient (Wildman–Crippen LogP) is -0.584. The van der Waals surface area contributed by atoms with E-state index in [1.807, 2.05) is 13.8 Å². The number of amides is 1. The fraction of sp³-hybridized carbons (Fsp3) is 0.909. The average molecular weight is 280 g/mol. The maximum absolute atomic E-state index is 11.6. The van der Waals surface area contributed by atoms with Crippen molar-refractivity contribution in [2.24, 2.45) is 5.73 Å². The summed E-state index contributed by atoms with van der Waals surface area (Å²) >= 11 is 0. The molecule has 0 rings (SSSR count). The van der Waals surface area contributed by atoms with Crippen molar-refractivity contribution in [3.05, 3.63) is 0 Å². The van der Waals surface area contributed by atoms with Crippen LogP contribution in [0.1, 0.15) is 33.1 Å². The number of nitrogens with two attached hydrogens (primary N) is 1. The molecule has 108 valence electrons. The van der Waals surface area contributed by atoms with Crippen LogP contribution in [0.2, 0.25) is 0 Å². The standard InChI is InChI=1S/C11H24N2O4S/c1-4-11(15,5-2)8-13-10(14)9(12)6-7-18(3,16)17/h9,15H,4-8,12H2,1-3H3,(H,13,14). The van der Waals surface area contributed by atoms with Crippen LogP contribution >= 0.6 is 0 Å². The Kier molecular flexibility index (Phi) is 6.80. The lowest BCUT2D eigenvalue weighted by Gasteiger charge is -2.26. The Hall–Kier alpha value is -0.660. The van der Waals surface area contributed by atoms with Gasteiger partial charge in [0.2, 0.25) is 5.91 Å². The molecule has 0 saturated heterocycles. The van der Waals surface area contributed by atoms with Crippen molar-refractivity contribution in [3.63, 3.8) is 0 Å². The summed E-state index contributed by atoms with van der Waals surface area (Å²) in [6.45, 7) is 3.80. The zero-order valence-electron chi connectivity index (χ0n) is 11.3. The van der Waals surface area contributed by atoms with E-state index in [1.165, 1.54) is 0 Å². The fourth-order valence-electron chi connectivity index (χ4n) is 1.35. The molecular formula is C11H24N2O4S. The lowest BCUT2D eigenvalue weighted by atomic mass is 9.97. The number of rotatable bonds is 8. The van der Waals surface area contributed by atoms with Crippen molar-refractivity contribution in [2.45, 2.75) is 44.8 Å². The van der Waals surface area contributed by atoms with E-state index in [9.17, 15) is 18.3 Å². The van der Waals surface area contributed by atoms with Crippen LogP contribution in [0.15, 0.2) is 0 Å². The first-order valence-electron chi connectivity index (χ1n) is 6.07. The lowest BCUT2D eigenvalue weighted by Crippen LogP contribution is -2.48. The molecule has 1 amide bonds. The summed E-state index contributed by atoms with van der Waals surface area (Å²) in [6.07, 6.45) is 2.25. The minimum absolute atomic E-state index is 0.0847. The Bertz CT molecular complexity index is 363. The minimum atomic E-state index is -3.11. The molecule has 0 heterocycles. The first kappa shape index (κ1) is 17.3. The topological polar surface area (TPSA) is 109 Å². The first-order valence-corrected chi connectivity index (χ1v) is 8.13. The van der Waals surface area contributed by atoms with Crippen molar-refractivity contribution < 1.29 is 18.3 Å². The van der Waals surface area contributed by atoms with Crippen LogP contribution in [-0.2, 0) is 14.6 Å². The summed E-state index contributed by atoms with van der Waals surface area (Å²) in [5.74, 6) is -0.549. The molecule has 0 saturated carbocycles. The number of hydrogen-bond donors (Lipinski definition) is 3. The predicted molar refractivity (Wildman–Crippen MR) is 70.8 cm³/mol. The molecule has 1 atom stereocenters. The summed E-state index contributed by atoms with van der Waals surface area (Å²) in [7, 11) is -3.11.